The van der Waals surface area contributed by atoms with E-state index in [2.05, 4.69) is 11.0 Å². The molecule has 2 aromatic carbocycles. The highest BCUT2D eigenvalue weighted by molar-refractivity contribution is 6.35. The molecule has 4 rings (SSSR count). The van der Waals surface area contributed by atoms with Gasteiger partial charge in [-0.05, 0) is 44.1 Å². The molecule has 0 unspecified atom stereocenters. The summed E-state index contributed by atoms with van der Waals surface area (Å²) >= 11 is 12.2. The van der Waals surface area contributed by atoms with E-state index >= 15 is 0 Å². The van der Waals surface area contributed by atoms with E-state index in [1.807, 2.05) is 24.3 Å². The Morgan fingerprint density at radius 3 is 2.61 bits per heavy atom. The summed E-state index contributed by atoms with van der Waals surface area (Å²) in [6, 6.07) is 11.5. The summed E-state index contributed by atoms with van der Waals surface area (Å²) in [4.78, 5) is 2.32. The van der Waals surface area contributed by atoms with Crippen molar-refractivity contribution in [2.75, 3.05) is 32.8 Å². The molecule has 1 N–H and O–H groups in total. The van der Waals surface area contributed by atoms with Crippen molar-refractivity contribution in [3.8, 4) is 11.5 Å². The topological polar surface area (TPSA) is 41.9 Å². The monoisotopic (exact) mass is 443 g/mol. The number of benzene rings is 2. The second-order valence-electron chi connectivity index (χ2n) is 7.32. The van der Waals surface area contributed by atoms with Crippen molar-refractivity contribution in [3.63, 3.8) is 0 Å². The first-order valence-electron chi connectivity index (χ1n) is 9.27. The highest BCUT2D eigenvalue weighted by Crippen LogP contribution is 2.46. The third kappa shape index (κ3) is 4.37. The lowest BCUT2D eigenvalue weighted by Crippen LogP contribution is -2.44. The lowest BCUT2D eigenvalue weighted by Gasteiger charge is -2.38. The van der Waals surface area contributed by atoms with Gasteiger partial charge in [-0.1, -0.05) is 35.3 Å². The summed E-state index contributed by atoms with van der Waals surface area (Å²) in [6.45, 7) is 4.08. The molecule has 0 atom stereocenters. The predicted molar refractivity (Wildman–Crippen MR) is 114 cm³/mol. The van der Waals surface area contributed by atoms with Crippen LogP contribution in [0.2, 0.25) is 10.0 Å². The Hall–Kier alpha value is -1.17. The van der Waals surface area contributed by atoms with E-state index in [-0.39, 0.29) is 24.4 Å². The minimum absolute atomic E-state index is 0. The highest BCUT2D eigenvalue weighted by Gasteiger charge is 2.43. The van der Waals surface area contributed by atoms with Gasteiger partial charge in [-0.3, -0.25) is 0 Å². The maximum atomic E-state index is 9.13. The first-order valence-corrected chi connectivity index (χ1v) is 10.0. The lowest BCUT2D eigenvalue weighted by atomic mass is 9.74. The van der Waals surface area contributed by atoms with Gasteiger partial charge in [0.25, 0.3) is 0 Å². The Morgan fingerprint density at radius 1 is 1.11 bits per heavy atom. The predicted octanol–water partition coefficient (Wildman–Crippen LogP) is 4.71. The fourth-order valence-corrected chi connectivity index (χ4v) is 4.47. The second-order valence-corrected chi connectivity index (χ2v) is 8.16. The molecule has 2 aliphatic heterocycles. The number of fused-ring (bicyclic) bond motifs is 2. The third-order valence-corrected chi connectivity index (χ3v) is 6.25. The molecule has 0 saturated carbocycles. The number of hydrogen-bond acceptors (Lipinski definition) is 4. The van der Waals surface area contributed by atoms with Crippen molar-refractivity contribution in [2.45, 2.75) is 24.9 Å². The van der Waals surface area contributed by atoms with Gasteiger partial charge in [0.05, 0.1) is 13.2 Å². The Bertz CT molecular complexity index is 823. The summed E-state index contributed by atoms with van der Waals surface area (Å²) < 4.78 is 11.9. The van der Waals surface area contributed by atoms with Crippen LogP contribution in [0.4, 0.5) is 0 Å². The largest absolute Gasteiger partial charge is 0.492 e. The van der Waals surface area contributed by atoms with E-state index in [9.17, 15) is 0 Å². The fourth-order valence-electron chi connectivity index (χ4n) is 4.00. The molecule has 2 heterocycles. The highest BCUT2D eigenvalue weighted by atomic mass is 35.5. The van der Waals surface area contributed by atoms with Gasteiger partial charge in [0.1, 0.15) is 18.1 Å². The zero-order valence-electron chi connectivity index (χ0n) is 15.5. The molecule has 0 radical (unpaired) electrons. The molecule has 4 nitrogen and oxygen atoms in total. The van der Waals surface area contributed by atoms with Crippen molar-refractivity contribution < 1.29 is 14.6 Å². The van der Waals surface area contributed by atoms with Crippen LogP contribution in [0.1, 0.15) is 24.0 Å². The number of aliphatic hydroxyl groups is 1. The fraction of sp³-hybridized carbons (Fsp3) is 0.429. The average Bonchev–Trinajstić information content (AvgIpc) is 3.01. The minimum atomic E-state index is 0. The van der Waals surface area contributed by atoms with Crippen LogP contribution in [-0.4, -0.2) is 42.9 Å². The van der Waals surface area contributed by atoms with E-state index in [1.54, 1.807) is 6.07 Å². The molecule has 1 fully saturated rings. The number of rotatable bonds is 5. The van der Waals surface area contributed by atoms with Crippen LogP contribution in [0.25, 0.3) is 0 Å². The Kier molecular flexibility index (Phi) is 7.00. The molecule has 2 aliphatic rings. The average molecular weight is 445 g/mol. The van der Waals surface area contributed by atoms with Gasteiger partial charge < -0.3 is 19.5 Å². The van der Waals surface area contributed by atoms with Crippen molar-refractivity contribution in [1.82, 2.24) is 4.90 Å². The molecule has 0 amide bonds. The molecule has 28 heavy (non-hydrogen) atoms. The number of β-amino-alcohol motifs (C(OH)–C–C–N with tert-alkyl or cyclic N) is 1. The van der Waals surface area contributed by atoms with Gasteiger partial charge in [0.2, 0.25) is 0 Å². The number of piperidine rings is 1. The molecule has 1 saturated heterocycles. The number of hydrogen-bond donors (Lipinski definition) is 1. The standard InChI is InChI=1S/C21H23Cl2NO3.ClH/c22-16-2-1-15(19(23)11-16)13-26-17-3-4-18-20(12-17)27-14-21(18)5-7-24(8-6-21)9-10-25;/h1-4,11-12,25H,5-10,13-14H2;1H. The number of nitrogens with zero attached hydrogens (tertiary/aromatic N) is 1. The van der Waals surface area contributed by atoms with Crippen LogP contribution in [0.5, 0.6) is 11.5 Å². The lowest BCUT2D eigenvalue weighted by molar-refractivity contribution is 0.116. The van der Waals surface area contributed by atoms with Gasteiger partial charge in [0, 0.05) is 39.2 Å². The molecule has 2 aromatic rings. The van der Waals surface area contributed by atoms with Crippen molar-refractivity contribution in [1.29, 1.82) is 0 Å². The first-order chi connectivity index (χ1) is 13.1. The Morgan fingerprint density at radius 2 is 1.89 bits per heavy atom. The van der Waals surface area contributed by atoms with Crippen LogP contribution in [0, 0.1) is 0 Å². The quantitative estimate of drug-likeness (QED) is 0.725. The van der Waals surface area contributed by atoms with Crippen LogP contribution in [0.15, 0.2) is 36.4 Å². The molecule has 1 spiro atoms. The number of likely N-dealkylation sites (tertiary alicyclic amines) is 1. The maximum Gasteiger partial charge on any atom is 0.126 e. The van der Waals surface area contributed by atoms with E-state index in [1.165, 1.54) is 5.56 Å². The molecule has 0 bridgehead atoms. The molecular weight excluding hydrogens is 421 g/mol. The normalized spacial score (nSPS) is 17.7. The van der Waals surface area contributed by atoms with Crippen molar-refractivity contribution in [3.05, 3.63) is 57.6 Å². The maximum absolute atomic E-state index is 9.13. The van der Waals surface area contributed by atoms with Crippen LogP contribution < -0.4 is 9.47 Å². The van der Waals surface area contributed by atoms with Crippen LogP contribution >= 0.6 is 35.6 Å². The Labute approximate surface area is 181 Å². The van der Waals surface area contributed by atoms with E-state index < -0.39 is 0 Å². The minimum Gasteiger partial charge on any atom is -0.492 e. The second kappa shape index (κ2) is 9.10. The van der Waals surface area contributed by atoms with Crippen LogP contribution in [0.3, 0.4) is 0 Å². The van der Waals surface area contributed by atoms with E-state index in [0.717, 1.165) is 56.1 Å². The third-order valence-electron chi connectivity index (χ3n) is 5.67. The molecule has 152 valence electrons. The number of ether oxygens (including phenoxy) is 2. The van der Waals surface area contributed by atoms with E-state index in [4.69, 9.17) is 37.8 Å². The van der Waals surface area contributed by atoms with Gasteiger partial charge in [-0.2, -0.15) is 0 Å². The smallest absolute Gasteiger partial charge is 0.126 e. The van der Waals surface area contributed by atoms with Gasteiger partial charge in [-0.25, -0.2) is 0 Å². The van der Waals surface area contributed by atoms with E-state index in [0.29, 0.717) is 16.7 Å². The molecular formula is C21H24Cl3NO3. The zero-order chi connectivity index (χ0) is 18.9. The van der Waals surface area contributed by atoms with Crippen molar-refractivity contribution in [2.24, 2.45) is 0 Å². The van der Waals surface area contributed by atoms with Crippen molar-refractivity contribution >= 4 is 35.6 Å². The van der Waals surface area contributed by atoms with Gasteiger partial charge in [-0.15, -0.1) is 12.4 Å². The summed E-state index contributed by atoms with van der Waals surface area (Å²) in [5, 5.41) is 10.4. The molecule has 7 heteroatoms. The first kappa shape index (κ1) is 21.5. The summed E-state index contributed by atoms with van der Waals surface area (Å²) in [7, 11) is 0. The van der Waals surface area contributed by atoms with Gasteiger partial charge in [0.15, 0.2) is 0 Å². The SMILES string of the molecule is Cl.OCCN1CCC2(CC1)COc1cc(OCc3ccc(Cl)cc3Cl)ccc12. The Balaban J connectivity index is 0.00000225. The number of aliphatic hydroxyl groups excluding tert-OH is 1. The number of halogens is 3. The summed E-state index contributed by atoms with van der Waals surface area (Å²) in [5.41, 5.74) is 2.28. The summed E-state index contributed by atoms with van der Waals surface area (Å²) in [5.74, 6) is 1.69. The van der Waals surface area contributed by atoms with Crippen LogP contribution in [-0.2, 0) is 12.0 Å². The molecule has 0 aromatic heterocycles. The summed E-state index contributed by atoms with van der Waals surface area (Å²) in [6.07, 6.45) is 2.11. The zero-order valence-corrected chi connectivity index (χ0v) is 17.8. The van der Waals surface area contributed by atoms with Gasteiger partial charge >= 0.3 is 0 Å². The molecule has 0 aliphatic carbocycles.